The molecule has 16 aromatic rings. The molecule has 0 bridgehead atoms. The third-order valence-corrected chi connectivity index (χ3v) is 21.6. The molecule has 17 rings (SSSR count). The lowest BCUT2D eigenvalue weighted by Gasteiger charge is -2.14. The molecule has 0 fully saturated rings. The van der Waals surface area contributed by atoms with Gasteiger partial charge in [0.05, 0.1) is 93.6 Å². The normalized spacial score (nSPS) is 11.5. The van der Waals surface area contributed by atoms with E-state index in [2.05, 4.69) is 105 Å². The maximum absolute atomic E-state index is 8.91. The van der Waals surface area contributed by atoms with Gasteiger partial charge in [-0.15, -0.1) is 20.4 Å². The Morgan fingerprint density at radius 1 is 0.384 bits per heavy atom. The van der Waals surface area contributed by atoms with E-state index in [-0.39, 0.29) is 24.5 Å². The summed E-state index contributed by atoms with van der Waals surface area (Å²) in [4.78, 5) is 35.4. The van der Waals surface area contributed by atoms with Gasteiger partial charge in [0.25, 0.3) is 0 Å². The summed E-state index contributed by atoms with van der Waals surface area (Å²) >= 11 is 17.8. The second kappa shape index (κ2) is 34.0. The predicted octanol–water partition coefficient (Wildman–Crippen LogP) is 14.4. The molecule has 0 saturated heterocycles. The number of nitrogens with two attached hydrogens (primary N) is 5. The molecule has 0 unspecified atom stereocenters. The van der Waals surface area contributed by atoms with Gasteiger partial charge in [-0.2, -0.15) is 38.7 Å². The minimum absolute atomic E-state index is 0.201. The average Bonchev–Trinajstić information content (AvgIpc) is 1.64. The maximum Gasteiger partial charge on any atom is 0.248 e. The number of para-hydroxylation sites is 2. The third-order valence-electron chi connectivity index (χ3n) is 16.9. The van der Waals surface area contributed by atoms with Gasteiger partial charge in [0.2, 0.25) is 79.6 Å². The van der Waals surface area contributed by atoms with Crippen LogP contribution < -0.4 is 83.7 Å². The molecule has 8 aromatic heterocycles. The lowest BCUT2D eigenvalue weighted by Crippen LogP contribution is -2.02. The minimum Gasteiger partial charge on any atom is -0.493 e. The molecule has 0 radical (unpaired) electrons. The van der Waals surface area contributed by atoms with Crippen LogP contribution in [0.1, 0.15) is 30.4 Å². The van der Waals surface area contributed by atoms with Crippen LogP contribution in [0.25, 0.3) is 61.4 Å². The van der Waals surface area contributed by atoms with E-state index in [1.807, 2.05) is 78.9 Å². The molecule has 0 aliphatic heterocycles. The molecule has 0 spiro atoms. The number of nitrogen functional groups attached to an aromatic ring is 5. The maximum atomic E-state index is 8.91. The van der Waals surface area contributed by atoms with Gasteiger partial charge in [-0.25, -0.2) is 19.9 Å². The van der Waals surface area contributed by atoms with Crippen LogP contribution in [0, 0.1) is 0 Å². The van der Waals surface area contributed by atoms with Crippen LogP contribution in [0.3, 0.4) is 0 Å². The fourth-order valence-electron chi connectivity index (χ4n) is 11.6. The number of methoxy groups -OCH3 is 6. The second-order valence-electron chi connectivity index (χ2n) is 24.3. The van der Waals surface area contributed by atoms with Gasteiger partial charge in [-0.1, -0.05) is 98.9 Å². The zero-order chi connectivity index (χ0) is 78.1. The SMILES string of the molecule is COc1cc(Nc2nc(N)n(-c3nc4ccc(N)cc4s3)n2)cc(OC)c1OC.COc1cc(Nc2nc(N)n(-c3nc4ccc(NCCCCO)cc4s3)n2)cc(OC)c1OC.Nc1nc(Nc2ccc(Cl)c(Cl)c2)nn1-c1nc2ccccc2s1.Nc1nc(Nc2ccc3c(c2)CCC3)nn1-c1nc2ccccc2s1. The predicted molar refractivity (Wildman–Crippen MR) is 445 cm³/mol. The number of unbranched alkanes of at least 4 members (excludes halogenated alkanes) is 1. The van der Waals surface area contributed by atoms with Crippen molar-refractivity contribution in [3.8, 4) is 55.0 Å². The summed E-state index contributed by atoms with van der Waals surface area (Å²) in [7, 11) is 9.29. The smallest absolute Gasteiger partial charge is 0.248 e. The van der Waals surface area contributed by atoms with Gasteiger partial charge in [0.15, 0.2) is 23.0 Å². The molecule has 0 amide bonds. The van der Waals surface area contributed by atoms with Crippen molar-refractivity contribution in [3.63, 3.8) is 0 Å². The van der Waals surface area contributed by atoms with Crippen molar-refractivity contribution in [2.45, 2.75) is 32.1 Å². The van der Waals surface area contributed by atoms with Crippen LogP contribution in [0.5, 0.6) is 34.5 Å². The summed E-state index contributed by atoms with van der Waals surface area (Å²) in [5, 5.41) is 46.0. The molecule has 8 heterocycles. The number of aromatic nitrogens is 16. The Kier molecular flexibility index (Phi) is 23.1. The Bertz CT molecular complexity index is 5920. The first-order valence-electron chi connectivity index (χ1n) is 34.2. The number of ether oxygens (including phenoxy) is 6. The molecule has 8 aromatic carbocycles. The molecule has 574 valence electrons. The molecule has 112 heavy (non-hydrogen) atoms. The van der Waals surface area contributed by atoms with Crippen molar-refractivity contribution >= 4 is 191 Å². The number of nitrogens with zero attached hydrogens (tertiary/aromatic N) is 16. The first-order valence-corrected chi connectivity index (χ1v) is 38.3. The molecule has 0 saturated carbocycles. The number of hydrogen-bond acceptors (Lipinski definition) is 33. The van der Waals surface area contributed by atoms with E-state index < -0.39 is 0 Å². The van der Waals surface area contributed by atoms with E-state index in [0.29, 0.717) is 118 Å². The highest BCUT2D eigenvalue weighted by molar-refractivity contribution is 7.21. The number of hydrogen-bond donors (Lipinski definition) is 11. The van der Waals surface area contributed by atoms with E-state index >= 15 is 0 Å². The molecule has 1 aliphatic carbocycles. The Balaban J connectivity index is 0.000000125. The van der Waals surface area contributed by atoms with E-state index in [1.165, 1.54) is 72.0 Å². The number of rotatable bonds is 23. The molecular weight excluding hydrogens is 1550 g/mol. The van der Waals surface area contributed by atoms with E-state index in [1.54, 1.807) is 107 Å². The Labute approximate surface area is 664 Å². The summed E-state index contributed by atoms with van der Waals surface area (Å²) in [6.45, 7) is 0.998. The Morgan fingerprint density at radius 2 is 0.777 bits per heavy atom. The Morgan fingerprint density at radius 3 is 1.21 bits per heavy atom. The highest BCUT2D eigenvalue weighted by Crippen LogP contribution is 2.43. The number of aryl methyl sites for hydroxylation is 2. The monoisotopic (exact) mass is 1620 g/mol. The van der Waals surface area contributed by atoms with Crippen molar-refractivity contribution in [1.29, 1.82) is 0 Å². The number of nitrogens with one attached hydrogen (secondary N) is 5. The lowest BCUT2D eigenvalue weighted by atomic mass is 10.1. The minimum atomic E-state index is 0.201. The van der Waals surface area contributed by atoms with E-state index in [0.717, 1.165) is 78.0 Å². The number of anilines is 14. The number of thiazole rings is 4. The number of halogens is 2. The van der Waals surface area contributed by atoms with E-state index in [9.17, 15) is 0 Å². The molecule has 33 nitrogen and oxygen atoms in total. The van der Waals surface area contributed by atoms with E-state index in [4.69, 9.17) is 85.4 Å². The van der Waals surface area contributed by atoms with Crippen molar-refractivity contribution in [1.82, 2.24) is 79.0 Å². The molecule has 16 N–H and O–H groups in total. The van der Waals surface area contributed by atoms with Gasteiger partial charge in [0, 0.05) is 71.5 Å². The van der Waals surface area contributed by atoms with Crippen LogP contribution in [0.2, 0.25) is 10.0 Å². The highest BCUT2D eigenvalue weighted by Gasteiger charge is 2.22. The Hall–Kier alpha value is -12.8. The van der Waals surface area contributed by atoms with Crippen LogP contribution in [0.15, 0.2) is 146 Å². The molecule has 1 aliphatic rings. The van der Waals surface area contributed by atoms with Crippen LogP contribution in [-0.4, -0.2) is 140 Å². The number of aliphatic hydroxyl groups is 1. The van der Waals surface area contributed by atoms with Crippen molar-refractivity contribution < 1.29 is 33.5 Å². The van der Waals surface area contributed by atoms with Gasteiger partial charge in [-0.05, 0) is 134 Å². The summed E-state index contributed by atoms with van der Waals surface area (Å²) < 4.78 is 42.4. The average molecular weight is 1620 g/mol. The first kappa shape index (κ1) is 76.0. The van der Waals surface area contributed by atoms with Gasteiger partial charge in [-0.3, -0.25) is 0 Å². The molecule has 0 atom stereocenters. The first-order chi connectivity index (χ1) is 54.4. The van der Waals surface area contributed by atoms with Crippen LogP contribution in [-0.2, 0) is 12.8 Å². The lowest BCUT2D eigenvalue weighted by molar-refractivity contribution is 0.286. The summed E-state index contributed by atoms with van der Waals surface area (Å²) in [5.74, 6) is 5.41. The van der Waals surface area contributed by atoms with Crippen molar-refractivity contribution in [2.24, 2.45) is 0 Å². The third kappa shape index (κ3) is 17.1. The van der Waals surface area contributed by atoms with Gasteiger partial charge in [0.1, 0.15) is 0 Å². The largest absolute Gasteiger partial charge is 0.493 e. The van der Waals surface area contributed by atoms with Crippen molar-refractivity contribution in [3.05, 3.63) is 167 Å². The van der Waals surface area contributed by atoms with Gasteiger partial charge < -0.3 is 88.8 Å². The fourth-order valence-corrected chi connectivity index (χ4v) is 15.7. The number of fused-ring (bicyclic) bond motifs is 5. The second-order valence-corrected chi connectivity index (χ2v) is 29.2. The topological polar surface area (TPSA) is 440 Å². The number of aliphatic hydroxyl groups excluding tert-OH is 1. The molecule has 39 heteroatoms. The summed E-state index contributed by atoms with van der Waals surface area (Å²) in [5.41, 5.74) is 41.1. The van der Waals surface area contributed by atoms with Crippen LogP contribution >= 0.6 is 68.5 Å². The van der Waals surface area contributed by atoms with Crippen molar-refractivity contribution in [2.75, 3.05) is 111 Å². The quantitative estimate of drug-likeness (QED) is 0.0209. The summed E-state index contributed by atoms with van der Waals surface area (Å²) in [6.07, 6.45) is 5.22. The molecular formula is C73H72Cl2N26O7S4. The van der Waals surface area contributed by atoms with Crippen LogP contribution in [0.4, 0.5) is 81.7 Å². The summed E-state index contributed by atoms with van der Waals surface area (Å²) in [6, 6.07) is 45.9. The zero-order valence-electron chi connectivity index (χ0n) is 60.6. The van der Waals surface area contributed by atoms with Gasteiger partial charge >= 0.3 is 0 Å². The number of benzene rings is 8. The standard InChI is InChI=1S/C22H27N7O4S.C18H19N7O3S.C18H16N6S.C15H10Cl2N6S/c1-31-16-10-14(11-17(32-2)19(16)33-3)25-21-27-20(23)29(28-21)22-26-15-7-6-13(12-18(15)34-22)24-8-4-5-9-30;1-26-12-7-10(8-13(27-2)15(12)28-3)21-17-23-16(20)25(24-17)18-22-11-5-4-9(19)6-14(11)29-18;19-16-22-17(20-13-9-8-11-4-3-5-12(11)10-13)23-24(16)18-21-14-6-1-2-7-15(14)25-18;16-9-6-5-8(7-10(9)17)19-14-21-13(18)23(22-14)15-20-11-3-1-2-4-12(11)24-15/h6-7,10-12,24,30H,4-5,8-9H2,1-3H3,(H3,23,25,27,28);4-8H,19H2,1-3H3,(H3,20,21,23,24);1-2,6-10H,3-5H2,(H3,19,20,22,23);1-7H,(H3,18,19,21,22). The fraction of sp³-hybridized carbons (Fsp3) is 0.178. The highest BCUT2D eigenvalue weighted by atomic mass is 35.5. The zero-order valence-corrected chi connectivity index (χ0v) is 65.4.